The van der Waals surface area contributed by atoms with Crippen LogP contribution in [0.5, 0.6) is 0 Å². The van der Waals surface area contributed by atoms with Crippen LogP contribution in [0, 0.1) is 5.92 Å². The molecule has 0 spiro atoms. The molecule has 124 valence electrons. The number of amides is 1. The minimum absolute atomic E-state index is 0.154. The zero-order valence-electron chi connectivity index (χ0n) is 12.6. The van der Waals surface area contributed by atoms with E-state index < -0.39 is 5.56 Å². The van der Waals surface area contributed by atoms with Crippen molar-refractivity contribution in [2.24, 2.45) is 5.92 Å². The third kappa shape index (κ3) is 2.77. The summed E-state index contributed by atoms with van der Waals surface area (Å²) in [7, 11) is 0. The summed E-state index contributed by atoms with van der Waals surface area (Å²) in [5.74, 6) is -0.0955. The van der Waals surface area contributed by atoms with Crippen molar-refractivity contribution in [2.45, 2.75) is 25.0 Å². The van der Waals surface area contributed by atoms with E-state index in [9.17, 15) is 14.7 Å². The lowest BCUT2D eigenvalue weighted by molar-refractivity contribution is 0.0240. The van der Waals surface area contributed by atoms with Crippen LogP contribution in [0.4, 0.5) is 0 Å². The van der Waals surface area contributed by atoms with Crippen LogP contribution in [0.3, 0.4) is 0 Å². The second kappa shape index (κ2) is 6.12. The van der Waals surface area contributed by atoms with Crippen molar-refractivity contribution in [2.75, 3.05) is 0 Å². The van der Waals surface area contributed by atoms with E-state index in [1.807, 2.05) is 17.5 Å². The van der Waals surface area contributed by atoms with Crippen molar-refractivity contribution >= 4 is 33.5 Å². The highest BCUT2D eigenvalue weighted by Gasteiger charge is 2.36. The summed E-state index contributed by atoms with van der Waals surface area (Å²) >= 11 is 2.89. The van der Waals surface area contributed by atoms with E-state index in [1.165, 1.54) is 17.4 Å². The highest BCUT2D eigenvalue weighted by molar-refractivity contribution is 7.15. The van der Waals surface area contributed by atoms with Crippen molar-refractivity contribution in [3.05, 3.63) is 56.1 Å². The van der Waals surface area contributed by atoms with E-state index in [0.29, 0.717) is 17.8 Å². The Morgan fingerprint density at radius 1 is 1.38 bits per heavy atom. The van der Waals surface area contributed by atoms with Gasteiger partial charge < -0.3 is 10.4 Å². The first-order chi connectivity index (χ1) is 11.6. The summed E-state index contributed by atoms with van der Waals surface area (Å²) < 4.78 is 1.63. The Bertz CT molecular complexity index is 926. The average molecular weight is 361 g/mol. The highest BCUT2D eigenvalue weighted by atomic mass is 32.1. The van der Waals surface area contributed by atoms with Gasteiger partial charge in [-0.15, -0.1) is 22.7 Å². The number of thiazole rings is 1. The fourth-order valence-corrected chi connectivity index (χ4v) is 4.62. The quantitative estimate of drug-likeness (QED) is 0.745. The number of rotatable bonds is 4. The Hall–Kier alpha value is -2.03. The first-order valence-corrected chi connectivity index (χ1v) is 9.37. The van der Waals surface area contributed by atoms with Gasteiger partial charge in [-0.3, -0.25) is 14.0 Å². The van der Waals surface area contributed by atoms with Crippen molar-refractivity contribution < 1.29 is 9.90 Å². The molecule has 2 N–H and O–H groups in total. The largest absolute Gasteiger partial charge is 0.393 e. The van der Waals surface area contributed by atoms with Crippen molar-refractivity contribution in [3.8, 4) is 0 Å². The molecule has 4 rings (SSSR count). The number of nitrogens with one attached hydrogen (secondary N) is 1. The monoisotopic (exact) mass is 361 g/mol. The van der Waals surface area contributed by atoms with Gasteiger partial charge in [0.1, 0.15) is 5.69 Å². The predicted molar refractivity (Wildman–Crippen MR) is 92.6 cm³/mol. The molecule has 24 heavy (non-hydrogen) atoms. The van der Waals surface area contributed by atoms with Gasteiger partial charge in [0.15, 0.2) is 4.96 Å². The van der Waals surface area contributed by atoms with Gasteiger partial charge >= 0.3 is 0 Å². The molecule has 0 aliphatic heterocycles. The number of hydrogen-bond donors (Lipinski definition) is 2. The summed E-state index contributed by atoms with van der Waals surface area (Å²) in [5, 5.41) is 16.4. The minimum Gasteiger partial charge on any atom is -0.393 e. The molecule has 1 aliphatic rings. The number of aliphatic hydroxyl groups is 1. The molecule has 0 bridgehead atoms. The molecule has 1 atom stereocenters. The molecule has 0 aromatic carbocycles. The Kier molecular flexibility index (Phi) is 3.95. The molecule has 3 aromatic rings. The van der Waals surface area contributed by atoms with E-state index in [2.05, 4.69) is 10.3 Å². The fraction of sp³-hybridized carbons (Fsp3) is 0.312. The van der Waals surface area contributed by atoms with E-state index in [0.717, 1.165) is 4.88 Å². The normalized spacial score (nSPS) is 21.4. The SMILES string of the molecule is O=C(N[C@H](c1cccs1)C1CC(O)C1)c1cc(=O)nc2sccn12. The third-order valence-corrected chi connectivity index (χ3v) is 6.02. The van der Waals surface area contributed by atoms with Gasteiger partial charge in [-0.1, -0.05) is 6.07 Å². The maximum Gasteiger partial charge on any atom is 0.274 e. The van der Waals surface area contributed by atoms with Gasteiger partial charge in [0.05, 0.1) is 12.1 Å². The van der Waals surface area contributed by atoms with Crippen LogP contribution < -0.4 is 10.9 Å². The molecule has 3 aromatic heterocycles. The number of carbonyl (C=O) groups is 1. The topological polar surface area (TPSA) is 83.7 Å². The summed E-state index contributed by atoms with van der Waals surface area (Å²) in [6, 6.07) is 5.04. The predicted octanol–water partition coefficient (Wildman–Crippen LogP) is 2.06. The molecular weight excluding hydrogens is 346 g/mol. The van der Waals surface area contributed by atoms with Crippen molar-refractivity contribution in [1.82, 2.24) is 14.7 Å². The van der Waals surface area contributed by atoms with Gasteiger partial charge in [0.2, 0.25) is 0 Å². The lowest BCUT2D eigenvalue weighted by Gasteiger charge is -2.37. The smallest absolute Gasteiger partial charge is 0.274 e. The number of thiophene rings is 1. The van der Waals surface area contributed by atoms with Gasteiger partial charge in [-0.25, -0.2) is 0 Å². The number of fused-ring (bicyclic) bond motifs is 1. The molecule has 0 unspecified atom stereocenters. The van der Waals surface area contributed by atoms with Crippen LogP contribution in [-0.4, -0.2) is 26.5 Å². The van der Waals surface area contributed by atoms with Crippen molar-refractivity contribution in [1.29, 1.82) is 0 Å². The van der Waals surface area contributed by atoms with Gasteiger partial charge in [-0.05, 0) is 30.2 Å². The Balaban J connectivity index is 1.65. The minimum atomic E-state index is -0.422. The van der Waals surface area contributed by atoms with Crippen LogP contribution in [0.25, 0.3) is 4.96 Å². The molecule has 6 nitrogen and oxygen atoms in total. The summed E-state index contributed by atoms with van der Waals surface area (Å²) in [4.78, 5) is 30.0. The van der Waals surface area contributed by atoms with Gasteiger partial charge in [0, 0.05) is 22.5 Å². The number of aromatic nitrogens is 2. The third-order valence-electron chi connectivity index (χ3n) is 4.31. The van der Waals surface area contributed by atoms with Crippen LogP contribution >= 0.6 is 22.7 Å². The van der Waals surface area contributed by atoms with Crippen LogP contribution in [0.2, 0.25) is 0 Å². The van der Waals surface area contributed by atoms with E-state index in [1.54, 1.807) is 27.3 Å². The second-order valence-corrected chi connectivity index (χ2v) is 7.74. The molecule has 0 saturated heterocycles. The Morgan fingerprint density at radius 3 is 2.92 bits per heavy atom. The van der Waals surface area contributed by atoms with Crippen LogP contribution in [-0.2, 0) is 0 Å². The zero-order chi connectivity index (χ0) is 16.7. The molecule has 8 heteroatoms. The molecule has 1 amide bonds. The lowest BCUT2D eigenvalue weighted by Crippen LogP contribution is -2.41. The second-order valence-electron chi connectivity index (χ2n) is 5.89. The first-order valence-electron chi connectivity index (χ1n) is 7.61. The number of aliphatic hydroxyl groups excluding tert-OH is 1. The molecule has 3 heterocycles. The van der Waals surface area contributed by atoms with E-state index in [-0.39, 0.29) is 29.7 Å². The van der Waals surface area contributed by atoms with Crippen molar-refractivity contribution in [3.63, 3.8) is 0 Å². The van der Waals surface area contributed by atoms with Gasteiger partial charge in [0.25, 0.3) is 11.5 Å². The van der Waals surface area contributed by atoms with Gasteiger partial charge in [-0.2, -0.15) is 4.98 Å². The molecule has 1 saturated carbocycles. The summed E-state index contributed by atoms with van der Waals surface area (Å²) in [6.45, 7) is 0. The Morgan fingerprint density at radius 2 is 2.21 bits per heavy atom. The number of hydrogen-bond acceptors (Lipinski definition) is 6. The summed E-state index contributed by atoms with van der Waals surface area (Å²) in [5.41, 5.74) is -0.137. The first kappa shape index (κ1) is 15.5. The maximum absolute atomic E-state index is 12.8. The van der Waals surface area contributed by atoms with Crippen LogP contribution in [0.1, 0.15) is 34.2 Å². The molecule has 0 radical (unpaired) electrons. The standard InChI is InChI=1S/C16H15N3O3S2/c20-10-6-9(7-10)14(12-2-1-4-23-12)18-15(22)11-8-13(21)17-16-19(11)3-5-24-16/h1-5,8-10,14,20H,6-7H2,(H,18,22)/t9?,10?,14-/m0/s1. The molecular formula is C16H15N3O3S2. The van der Waals surface area contributed by atoms with E-state index >= 15 is 0 Å². The summed E-state index contributed by atoms with van der Waals surface area (Å²) in [6.07, 6.45) is 2.79. The Labute approximate surface area is 145 Å². The number of carbonyl (C=O) groups excluding carboxylic acids is 1. The number of nitrogens with zero attached hydrogens (tertiary/aromatic N) is 2. The lowest BCUT2D eigenvalue weighted by atomic mass is 9.76. The molecule has 1 fully saturated rings. The molecule has 1 aliphatic carbocycles. The zero-order valence-corrected chi connectivity index (χ0v) is 14.2. The van der Waals surface area contributed by atoms with Crippen LogP contribution in [0.15, 0.2) is 40.0 Å². The maximum atomic E-state index is 12.8. The van der Waals surface area contributed by atoms with E-state index in [4.69, 9.17) is 0 Å². The average Bonchev–Trinajstić information content (AvgIpc) is 3.19. The highest BCUT2D eigenvalue weighted by Crippen LogP contribution is 2.39. The fourth-order valence-electron chi connectivity index (χ4n) is 3.03.